The van der Waals surface area contributed by atoms with Crippen molar-refractivity contribution in [2.45, 2.75) is 75.3 Å². The average molecular weight is 488 g/mol. The Morgan fingerprint density at radius 1 is 0.944 bits per heavy atom. The van der Waals surface area contributed by atoms with Gasteiger partial charge in [-0.15, -0.1) is 0 Å². The quantitative estimate of drug-likeness (QED) is 0.581. The summed E-state index contributed by atoms with van der Waals surface area (Å²) in [5.41, 5.74) is 4.26. The molecular weight excluding hydrogens is 458 g/mol. The normalized spacial score (nSPS) is 27.7. The summed E-state index contributed by atoms with van der Waals surface area (Å²) < 4.78 is 2.22. The van der Waals surface area contributed by atoms with Gasteiger partial charge in [-0.05, 0) is 80.5 Å². The van der Waals surface area contributed by atoms with E-state index in [0.29, 0.717) is 29.0 Å². The predicted octanol–water partition coefficient (Wildman–Crippen LogP) is 3.10. The second-order valence-corrected chi connectivity index (χ2v) is 11.1. The van der Waals surface area contributed by atoms with Gasteiger partial charge in [0.2, 0.25) is 11.8 Å². The highest BCUT2D eigenvalue weighted by Gasteiger charge is 2.45. The minimum absolute atomic E-state index is 0.112. The monoisotopic (exact) mass is 487 g/mol. The number of nitrogens with one attached hydrogen (secondary N) is 2. The summed E-state index contributed by atoms with van der Waals surface area (Å²) in [5.74, 6) is 0.0355. The summed E-state index contributed by atoms with van der Waals surface area (Å²) >= 11 is 0. The topological polar surface area (TPSA) is 113 Å². The number of carbonyl (C=O) groups is 4. The molecule has 2 aliphatic heterocycles. The Kier molecular flexibility index (Phi) is 4.84. The summed E-state index contributed by atoms with van der Waals surface area (Å²) in [6, 6.07) is 4.68. The van der Waals surface area contributed by atoms with Crippen LogP contribution in [0.2, 0.25) is 0 Å². The van der Waals surface area contributed by atoms with E-state index < -0.39 is 23.8 Å². The van der Waals surface area contributed by atoms with Gasteiger partial charge in [0.15, 0.2) is 0 Å². The predicted molar refractivity (Wildman–Crippen MR) is 130 cm³/mol. The van der Waals surface area contributed by atoms with Crippen LogP contribution in [0.3, 0.4) is 0 Å². The Hall–Kier alpha value is -3.49. The molecule has 4 fully saturated rings. The zero-order chi connectivity index (χ0) is 24.6. The molecule has 0 bridgehead atoms. The van der Waals surface area contributed by atoms with E-state index in [4.69, 9.17) is 5.10 Å². The maximum Gasteiger partial charge on any atom is 0.262 e. The number of anilines is 1. The number of fused-ring (bicyclic) bond motifs is 1. The standard InChI is InChI=1S/C27H29N5O4/c33-23-8-7-22(25(34)29-23)32-26(35)19-6-5-17(11-20(19)27(32)36)28-12-14-9-18(10-14)31-13-21(15-1-2-15)24(30-31)16-3-4-16/h5-6,11,13-16,18,22,28H,1-4,7-10,12H2,(H,29,33,34). The van der Waals surface area contributed by atoms with Gasteiger partial charge in [-0.3, -0.25) is 34.1 Å². The van der Waals surface area contributed by atoms with Crippen molar-refractivity contribution < 1.29 is 19.2 Å². The van der Waals surface area contributed by atoms with Crippen molar-refractivity contribution in [1.82, 2.24) is 20.0 Å². The third kappa shape index (κ3) is 3.63. The first-order chi connectivity index (χ1) is 17.5. The molecule has 2 aromatic rings. The minimum atomic E-state index is -0.943. The summed E-state index contributed by atoms with van der Waals surface area (Å²) in [6.07, 6.45) is 9.93. The van der Waals surface area contributed by atoms with Crippen molar-refractivity contribution >= 4 is 29.3 Å². The Balaban J connectivity index is 0.977. The van der Waals surface area contributed by atoms with E-state index in [1.807, 2.05) is 6.07 Å². The molecule has 1 atom stereocenters. The van der Waals surface area contributed by atoms with Crippen molar-refractivity contribution in [3.05, 3.63) is 46.8 Å². The molecule has 1 unspecified atom stereocenters. The molecular formula is C27H29N5O4. The molecule has 36 heavy (non-hydrogen) atoms. The molecule has 3 aliphatic carbocycles. The molecule has 5 aliphatic rings. The van der Waals surface area contributed by atoms with Crippen molar-refractivity contribution in [2.24, 2.45) is 5.92 Å². The number of carbonyl (C=O) groups excluding carboxylic acids is 4. The lowest BCUT2D eigenvalue weighted by atomic mass is 9.80. The Morgan fingerprint density at radius 3 is 2.42 bits per heavy atom. The van der Waals surface area contributed by atoms with Crippen LogP contribution in [-0.2, 0) is 9.59 Å². The van der Waals surface area contributed by atoms with Gasteiger partial charge >= 0.3 is 0 Å². The van der Waals surface area contributed by atoms with Crippen LogP contribution < -0.4 is 10.6 Å². The molecule has 1 saturated heterocycles. The molecule has 1 aromatic heterocycles. The molecule has 2 N–H and O–H groups in total. The third-order valence-electron chi connectivity index (χ3n) is 8.39. The van der Waals surface area contributed by atoms with Crippen molar-refractivity contribution in [1.29, 1.82) is 0 Å². The van der Waals surface area contributed by atoms with Gasteiger partial charge in [0.1, 0.15) is 6.04 Å². The van der Waals surface area contributed by atoms with E-state index in [2.05, 4.69) is 21.5 Å². The number of imide groups is 2. The van der Waals surface area contributed by atoms with Crippen LogP contribution in [0.4, 0.5) is 5.69 Å². The van der Waals surface area contributed by atoms with Gasteiger partial charge in [0.05, 0.1) is 22.9 Å². The van der Waals surface area contributed by atoms with E-state index in [9.17, 15) is 19.2 Å². The molecule has 1 aromatic carbocycles. The van der Waals surface area contributed by atoms with E-state index in [1.54, 1.807) is 12.1 Å². The van der Waals surface area contributed by atoms with Gasteiger partial charge in [0.25, 0.3) is 11.8 Å². The molecule has 3 heterocycles. The number of benzene rings is 1. The van der Waals surface area contributed by atoms with Gasteiger partial charge in [-0.2, -0.15) is 5.10 Å². The van der Waals surface area contributed by atoms with Crippen LogP contribution in [0.15, 0.2) is 24.4 Å². The lowest BCUT2D eigenvalue weighted by molar-refractivity contribution is -0.136. The number of hydrogen-bond acceptors (Lipinski definition) is 6. The molecule has 186 valence electrons. The number of amides is 4. The highest BCUT2D eigenvalue weighted by molar-refractivity contribution is 6.23. The number of nitrogens with zero attached hydrogens (tertiary/aromatic N) is 3. The first-order valence-corrected chi connectivity index (χ1v) is 13.1. The first kappa shape index (κ1) is 21.8. The summed E-state index contributed by atoms with van der Waals surface area (Å²) in [5, 5.41) is 10.6. The van der Waals surface area contributed by atoms with Crippen molar-refractivity contribution in [2.75, 3.05) is 11.9 Å². The molecule has 3 saturated carbocycles. The maximum absolute atomic E-state index is 13.0. The Labute approximate surface area is 208 Å². The van der Waals surface area contributed by atoms with Gasteiger partial charge < -0.3 is 5.32 Å². The zero-order valence-corrected chi connectivity index (χ0v) is 20.0. The zero-order valence-electron chi connectivity index (χ0n) is 20.0. The summed E-state index contributed by atoms with van der Waals surface area (Å²) in [6.45, 7) is 0.792. The number of hydrogen-bond donors (Lipinski definition) is 2. The van der Waals surface area contributed by atoms with Crippen LogP contribution in [0.5, 0.6) is 0 Å². The largest absolute Gasteiger partial charge is 0.385 e. The summed E-state index contributed by atoms with van der Waals surface area (Å²) in [4.78, 5) is 50.6. The molecule has 0 radical (unpaired) electrons. The average Bonchev–Trinajstić information content (AvgIpc) is 3.77. The maximum atomic E-state index is 13.0. The molecule has 7 rings (SSSR count). The fourth-order valence-electron chi connectivity index (χ4n) is 5.92. The van der Waals surface area contributed by atoms with Crippen LogP contribution in [0.25, 0.3) is 0 Å². The minimum Gasteiger partial charge on any atom is -0.385 e. The van der Waals surface area contributed by atoms with Gasteiger partial charge in [0, 0.05) is 30.8 Å². The smallest absolute Gasteiger partial charge is 0.262 e. The third-order valence-corrected chi connectivity index (χ3v) is 8.39. The van der Waals surface area contributed by atoms with E-state index in [1.165, 1.54) is 36.9 Å². The van der Waals surface area contributed by atoms with Gasteiger partial charge in [-0.1, -0.05) is 0 Å². The second kappa shape index (κ2) is 8.01. The van der Waals surface area contributed by atoms with E-state index >= 15 is 0 Å². The van der Waals surface area contributed by atoms with E-state index in [-0.39, 0.29) is 18.7 Å². The highest BCUT2D eigenvalue weighted by atomic mass is 16.2. The van der Waals surface area contributed by atoms with Crippen LogP contribution in [-0.4, -0.2) is 50.9 Å². The Morgan fingerprint density at radius 2 is 1.69 bits per heavy atom. The lowest BCUT2D eigenvalue weighted by Gasteiger charge is -2.35. The molecule has 4 amide bonds. The highest BCUT2D eigenvalue weighted by Crippen LogP contribution is 2.50. The van der Waals surface area contributed by atoms with Crippen LogP contribution in [0, 0.1) is 5.92 Å². The molecule has 0 spiro atoms. The van der Waals surface area contributed by atoms with Crippen LogP contribution in [0.1, 0.15) is 101 Å². The number of aromatic nitrogens is 2. The van der Waals surface area contributed by atoms with Gasteiger partial charge in [-0.25, -0.2) is 0 Å². The van der Waals surface area contributed by atoms with E-state index in [0.717, 1.165) is 35.9 Å². The van der Waals surface area contributed by atoms with Crippen LogP contribution >= 0.6 is 0 Å². The second-order valence-electron chi connectivity index (χ2n) is 11.1. The number of rotatable bonds is 7. The fourth-order valence-corrected chi connectivity index (χ4v) is 5.92. The SMILES string of the molecule is O=C1CCC(N2C(=O)c3ccc(NCC4CC(n5cc(C6CC6)c(C6CC6)n5)C4)cc3C2=O)C(=O)N1. The Bertz CT molecular complexity index is 1270. The van der Waals surface area contributed by atoms with Crippen molar-refractivity contribution in [3.8, 4) is 0 Å². The number of piperidine rings is 1. The fraction of sp³-hybridized carbons (Fsp3) is 0.519. The molecule has 9 heteroatoms. The lowest BCUT2D eigenvalue weighted by Crippen LogP contribution is -2.54. The summed E-state index contributed by atoms with van der Waals surface area (Å²) in [7, 11) is 0. The first-order valence-electron chi connectivity index (χ1n) is 13.1. The van der Waals surface area contributed by atoms with Crippen molar-refractivity contribution in [3.63, 3.8) is 0 Å². The molecule has 9 nitrogen and oxygen atoms in total.